The van der Waals surface area contributed by atoms with Crippen molar-refractivity contribution in [2.24, 2.45) is 0 Å². The Hall–Kier alpha value is -2.44. The van der Waals surface area contributed by atoms with Gasteiger partial charge in [0.25, 0.3) is 5.91 Å². The topological polar surface area (TPSA) is 95.1 Å². The molecule has 2 aromatic rings. The van der Waals surface area contributed by atoms with E-state index in [1.165, 1.54) is 12.4 Å². The van der Waals surface area contributed by atoms with Gasteiger partial charge in [-0.25, -0.2) is 9.37 Å². The zero-order valence-corrected chi connectivity index (χ0v) is 11.1. The molecule has 1 aromatic heterocycles. The summed E-state index contributed by atoms with van der Waals surface area (Å²) in [6.07, 6.45) is 3.36. The molecule has 1 saturated carbocycles. The second-order valence-corrected chi connectivity index (χ2v) is 5.41. The highest BCUT2D eigenvalue weighted by molar-refractivity contribution is 6.05. The normalized spacial score (nSPS) is 16.4. The molecule has 3 N–H and O–H groups in total. The Balaban J connectivity index is 1.90. The molecule has 0 aliphatic heterocycles. The number of carbonyl (C=O) groups excluding carboxylic acids is 1. The van der Waals surface area contributed by atoms with Crippen molar-refractivity contribution in [1.29, 1.82) is 0 Å². The van der Waals surface area contributed by atoms with Crippen LogP contribution in [0.3, 0.4) is 0 Å². The van der Waals surface area contributed by atoms with Crippen LogP contribution in [0.5, 0.6) is 0 Å². The lowest BCUT2D eigenvalue weighted by Gasteiger charge is -2.41. The van der Waals surface area contributed by atoms with Gasteiger partial charge in [0.15, 0.2) is 0 Å². The minimum absolute atomic E-state index is 0.114. The molecule has 0 bridgehead atoms. The van der Waals surface area contributed by atoms with Gasteiger partial charge in [0.05, 0.1) is 29.4 Å². The minimum atomic E-state index is -0.959. The predicted octanol–water partition coefficient (Wildman–Crippen LogP) is 1.83. The number of benzene rings is 1. The third kappa shape index (κ3) is 2.46. The van der Waals surface area contributed by atoms with E-state index >= 15 is 0 Å². The highest BCUT2D eigenvalue weighted by atomic mass is 19.1. The lowest BCUT2D eigenvalue weighted by Crippen LogP contribution is -2.54. The van der Waals surface area contributed by atoms with E-state index in [0.29, 0.717) is 23.9 Å². The summed E-state index contributed by atoms with van der Waals surface area (Å²) in [6.45, 7) is 0. The summed E-state index contributed by atoms with van der Waals surface area (Å²) in [7, 11) is 0. The number of imidazole rings is 1. The molecule has 1 heterocycles. The first-order chi connectivity index (χ1) is 9.99. The van der Waals surface area contributed by atoms with Crippen LogP contribution in [0.2, 0.25) is 0 Å². The Morgan fingerprint density at radius 3 is 2.81 bits per heavy atom. The third-order valence-electron chi connectivity index (χ3n) is 3.91. The predicted molar refractivity (Wildman–Crippen MR) is 72.4 cm³/mol. The van der Waals surface area contributed by atoms with Crippen LogP contribution in [0.25, 0.3) is 11.0 Å². The fourth-order valence-electron chi connectivity index (χ4n) is 2.73. The average molecular weight is 291 g/mol. The first-order valence-electron chi connectivity index (χ1n) is 6.66. The number of fused-ring (bicyclic) bond motifs is 1. The molecule has 7 heteroatoms. The van der Waals surface area contributed by atoms with Crippen LogP contribution in [0, 0.1) is 5.82 Å². The van der Waals surface area contributed by atoms with Gasteiger partial charge in [-0.2, -0.15) is 0 Å². The number of carboxylic acid groups (broad SMARTS) is 1. The minimum Gasteiger partial charge on any atom is -0.481 e. The van der Waals surface area contributed by atoms with Gasteiger partial charge < -0.3 is 15.4 Å². The Labute approximate surface area is 119 Å². The second kappa shape index (κ2) is 4.83. The number of amides is 1. The van der Waals surface area contributed by atoms with Gasteiger partial charge in [-0.1, -0.05) is 0 Å². The van der Waals surface area contributed by atoms with Crippen LogP contribution >= 0.6 is 0 Å². The second-order valence-electron chi connectivity index (χ2n) is 5.41. The van der Waals surface area contributed by atoms with Crippen LogP contribution in [-0.2, 0) is 4.79 Å². The molecule has 0 unspecified atom stereocenters. The summed E-state index contributed by atoms with van der Waals surface area (Å²) in [5, 5.41) is 11.7. The summed E-state index contributed by atoms with van der Waals surface area (Å²) in [5.41, 5.74) is 0.195. The van der Waals surface area contributed by atoms with Gasteiger partial charge in [0, 0.05) is 0 Å². The van der Waals surface area contributed by atoms with E-state index in [-0.39, 0.29) is 12.0 Å². The van der Waals surface area contributed by atoms with Gasteiger partial charge in [0.2, 0.25) is 0 Å². The van der Waals surface area contributed by atoms with E-state index < -0.39 is 23.2 Å². The zero-order chi connectivity index (χ0) is 15.0. The van der Waals surface area contributed by atoms with Gasteiger partial charge in [-0.05, 0) is 31.4 Å². The monoisotopic (exact) mass is 291 g/mol. The molecular formula is C14H14FN3O3. The molecule has 0 atom stereocenters. The molecule has 0 spiro atoms. The first-order valence-corrected chi connectivity index (χ1v) is 6.66. The lowest BCUT2D eigenvalue weighted by atomic mass is 9.74. The number of carbonyl (C=O) groups is 2. The van der Waals surface area contributed by atoms with Gasteiger partial charge in [0.1, 0.15) is 11.3 Å². The van der Waals surface area contributed by atoms with Crippen molar-refractivity contribution >= 4 is 22.9 Å². The number of aliphatic carboxylic acids is 1. The summed E-state index contributed by atoms with van der Waals surface area (Å²) in [5.74, 6) is -2.00. The maximum Gasteiger partial charge on any atom is 0.305 e. The van der Waals surface area contributed by atoms with E-state index in [1.54, 1.807) is 0 Å². The molecule has 1 aromatic carbocycles. The van der Waals surface area contributed by atoms with Crippen LogP contribution in [0.15, 0.2) is 18.5 Å². The molecule has 3 rings (SSSR count). The maximum atomic E-state index is 13.6. The van der Waals surface area contributed by atoms with E-state index in [2.05, 4.69) is 15.3 Å². The van der Waals surface area contributed by atoms with Crippen molar-refractivity contribution in [1.82, 2.24) is 15.3 Å². The van der Waals surface area contributed by atoms with Gasteiger partial charge in [-0.15, -0.1) is 0 Å². The van der Waals surface area contributed by atoms with Crippen molar-refractivity contribution < 1.29 is 19.1 Å². The Morgan fingerprint density at radius 2 is 2.19 bits per heavy atom. The smallest absolute Gasteiger partial charge is 0.305 e. The molecular weight excluding hydrogens is 277 g/mol. The Morgan fingerprint density at radius 1 is 1.43 bits per heavy atom. The van der Waals surface area contributed by atoms with E-state index in [1.807, 2.05) is 0 Å². The van der Waals surface area contributed by atoms with Gasteiger partial charge >= 0.3 is 5.97 Å². The van der Waals surface area contributed by atoms with Crippen LogP contribution in [0.1, 0.15) is 36.0 Å². The highest BCUT2D eigenvalue weighted by Gasteiger charge is 2.40. The van der Waals surface area contributed by atoms with Crippen molar-refractivity contribution in [3.63, 3.8) is 0 Å². The molecule has 0 saturated heterocycles. The molecule has 0 radical (unpaired) electrons. The number of aromatic nitrogens is 2. The molecule has 21 heavy (non-hydrogen) atoms. The van der Waals surface area contributed by atoms with Crippen LogP contribution in [-0.4, -0.2) is 32.5 Å². The molecule has 1 aliphatic rings. The van der Waals surface area contributed by atoms with Crippen molar-refractivity contribution in [3.8, 4) is 0 Å². The fourth-order valence-corrected chi connectivity index (χ4v) is 2.73. The number of halogens is 1. The van der Waals surface area contributed by atoms with Crippen LogP contribution in [0.4, 0.5) is 4.39 Å². The van der Waals surface area contributed by atoms with E-state index in [0.717, 1.165) is 12.5 Å². The van der Waals surface area contributed by atoms with Gasteiger partial charge in [-0.3, -0.25) is 9.59 Å². The average Bonchev–Trinajstić information content (AvgIpc) is 2.82. The number of hydrogen-bond acceptors (Lipinski definition) is 3. The molecule has 6 nitrogen and oxygen atoms in total. The van der Waals surface area contributed by atoms with Crippen molar-refractivity contribution in [2.75, 3.05) is 0 Å². The summed E-state index contributed by atoms with van der Waals surface area (Å²) < 4.78 is 13.6. The van der Waals surface area contributed by atoms with E-state index in [4.69, 9.17) is 5.11 Å². The van der Waals surface area contributed by atoms with Crippen molar-refractivity contribution in [2.45, 2.75) is 31.2 Å². The quantitative estimate of drug-likeness (QED) is 0.800. The molecule has 1 fully saturated rings. The number of nitrogens with zero attached hydrogens (tertiary/aromatic N) is 1. The SMILES string of the molecule is O=C(O)CC1(NC(=O)c2cc(F)cc3[nH]cnc23)CCC1. The first kappa shape index (κ1) is 13.5. The number of rotatable bonds is 4. The summed E-state index contributed by atoms with van der Waals surface area (Å²) >= 11 is 0. The molecule has 1 amide bonds. The highest BCUT2D eigenvalue weighted by Crippen LogP contribution is 2.35. The Kier molecular flexibility index (Phi) is 3.12. The zero-order valence-electron chi connectivity index (χ0n) is 11.1. The Bertz CT molecular complexity index is 721. The number of nitrogens with one attached hydrogen (secondary N) is 2. The number of carboxylic acids is 1. The maximum absolute atomic E-state index is 13.6. The number of hydrogen-bond donors (Lipinski definition) is 3. The molecule has 110 valence electrons. The number of aromatic amines is 1. The third-order valence-corrected chi connectivity index (χ3v) is 3.91. The standard InChI is InChI=1S/C14H14FN3O3/c15-8-4-9(12-10(5-8)16-7-17-12)13(21)18-14(2-1-3-14)6-11(19)20/h4-5,7H,1-3,6H2,(H,16,17)(H,18,21)(H,19,20). The van der Waals surface area contributed by atoms with E-state index in [9.17, 15) is 14.0 Å². The van der Waals surface area contributed by atoms with Crippen molar-refractivity contribution in [3.05, 3.63) is 29.8 Å². The summed E-state index contributed by atoms with van der Waals surface area (Å²) in [4.78, 5) is 30.1. The molecule has 1 aliphatic carbocycles. The largest absolute Gasteiger partial charge is 0.481 e. The van der Waals surface area contributed by atoms with Crippen LogP contribution < -0.4 is 5.32 Å². The lowest BCUT2D eigenvalue weighted by molar-refractivity contribution is -0.139. The fraction of sp³-hybridized carbons (Fsp3) is 0.357. The number of H-pyrrole nitrogens is 1. The summed E-state index contributed by atoms with van der Waals surface area (Å²) in [6, 6.07) is 2.38.